The van der Waals surface area contributed by atoms with E-state index in [2.05, 4.69) is 30.9 Å². The fourth-order valence-electron chi connectivity index (χ4n) is 3.28. The number of carbonyl (C=O) groups is 2. The summed E-state index contributed by atoms with van der Waals surface area (Å²) < 4.78 is 22.7. The summed E-state index contributed by atoms with van der Waals surface area (Å²) in [6, 6.07) is 6.27. The molecule has 15 heteroatoms. The molecule has 4 aromatic rings. The van der Waals surface area contributed by atoms with Gasteiger partial charge in [0.15, 0.2) is 5.76 Å². The molecule has 0 spiro atoms. The van der Waals surface area contributed by atoms with Crippen LogP contribution < -0.4 is 25.7 Å². The Bertz CT molecular complexity index is 1500. The predicted molar refractivity (Wildman–Crippen MR) is 136 cm³/mol. The summed E-state index contributed by atoms with van der Waals surface area (Å²) in [5.41, 5.74) is -0.357. The lowest BCUT2D eigenvalue weighted by atomic mass is 10.1. The highest BCUT2D eigenvalue weighted by Gasteiger charge is 2.23. The molecule has 0 saturated heterocycles. The highest BCUT2D eigenvalue weighted by Crippen LogP contribution is 2.33. The number of amides is 2. The normalized spacial score (nSPS) is 10.7. The van der Waals surface area contributed by atoms with Crippen LogP contribution in [0.4, 0.5) is 10.9 Å². The summed E-state index contributed by atoms with van der Waals surface area (Å²) in [4.78, 5) is 41.6. The number of anilines is 2. The standard InChI is InChI=1S/C23H23N7O7S/c1-13(31)26-17-7-9-25-30(17)23-29-28-22(38-23)27-20(32)16-12-14(18-15(35-3)6-4-8-24-18)19(21(33)37-16)36-11-5-10-34-2/h4,6-9,12H,5,10-11H2,1-3H3,(H,26,31)(H,27,28,32). The maximum atomic E-state index is 13.0. The molecule has 38 heavy (non-hydrogen) atoms. The summed E-state index contributed by atoms with van der Waals surface area (Å²) in [6.07, 6.45) is 3.52. The number of rotatable bonds is 11. The minimum atomic E-state index is -0.868. The van der Waals surface area contributed by atoms with Crippen molar-refractivity contribution in [3.05, 3.63) is 52.8 Å². The smallest absolute Gasteiger partial charge is 0.379 e. The van der Waals surface area contributed by atoms with Crippen molar-refractivity contribution >= 4 is 34.1 Å². The van der Waals surface area contributed by atoms with Crippen molar-refractivity contribution in [1.29, 1.82) is 0 Å². The van der Waals surface area contributed by atoms with Gasteiger partial charge in [0, 0.05) is 45.4 Å². The Kier molecular flexibility index (Phi) is 8.40. The van der Waals surface area contributed by atoms with Gasteiger partial charge in [-0.3, -0.25) is 19.9 Å². The second kappa shape index (κ2) is 12.1. The fraction of sp³-hybridized carbons (Fsp3) is 0.261. The van der Waals surface area contributed by atoms with Crippen LogP contribution in [0.25, 0.3) is 16.4 Å². The van der Waals surface area contributed by atoms with E-state index in [-0.39, 0.29) is 39.9 Å². The first-order chi connectivity index (χ1) is 18.4. The summed E-state index contributed by atoms with van der Waals surface area (Å²) in [6.45, 7) is 1.97. The molecule has 14 nitrogen and oxygen atoms in total. The Balaban J connectivity index is 1.63. The van der Waals surface area contributed by atoms with Crippen LogP contribution in [0.5, 0.6) is 11.5 Å². The SMILES string of the molecule is COCCCOc1c(-c2ncccc2OC)cc(C(=O)Nc2nnc(-n3nccc3NC(C)=O)s2)oc1=O. The van der Waals surface area contributed by atoms with E-state index in [0.717, 1.165) is 11.3 Å². The highest BCUT2D eigenvalue weighted by molar-refractivity contribution is 7.17. The lowest BCUT2D eigenvalue weighted by molar-refractivity contribution is -0.114. The number of nitrogens with one attached hydrogen (secondary N) is 2. The van der Waals surface area contributed by atoms with E-state index in [0.29, 0.717) is 30.3 Å². The van der Waals surface area contributed by atoms with Crippen LogP contribution in [-0.4, -0.2) is 64.2 Å². The second-order valence-electron chi connectivity index (χ2n) is 7.54. The molecule has 198 valence electrons. The van der Waals surface area contributed by atoms with Crippen molar-refractivity contribution in [2.24, 2.45) is 0 Å². The molecule has 4 heterocycles. The molecule has 2 amide bonds. The molecule has 0 aromatic carbocycles. The fourth-order valence-corrected chi connectivity index (χ4v) is 3.99. The summed E-state index contributed by atoms with van der Waals surface area (Å²) in [5, 5.41) is 17.6. The van der Waals surface area contributed by atoms with E-state index < -0.39 is 11.5 Å². The lowest BCUT2D eigenvalue weighted by Gasteiger charge is -2.13. The maximum Gasteiger partial charge on any atom is 0.379 e. The van der Waals surface area contributed by atoms with Crippen molar-refractivity contribution < 1.29 is 28.2 Å². The third kappa shape index (κ3) is 6.01. The minimum absolute atomic E-state index is 0.105. The molecule has 0 unspecified atom stereocenters. The van der Waals surface area contributed by atoms with Gasteiger partial charge in [0.05, 0.1) is 25.5 Å². The quantitative estimate of drug-likeness (QED) is 0.267. The Hall–Kier alpha value is -4.63. The Morgan fingerprint density at radius 1 is 1.13 bits per heavy atom. The second-order valence-corrected chi connectivity index (χ2v) is 8.50. The lowest BCUT2D eigenvalue weighted by Crippen LogP contribution is -2.17. The van der Waals surface area contributed by atoms with Gasteiger partial charge in [0.2, 0.25) is 21.9 Å². The number of ether oxygens (including phenoxy) is 3. The molecule has 4 rings (SSSR count). The molecule has 0 aliphatic rings. The van der Waals surface area contributed by atoms with Gasteiger partial charge in [-0.05, 0) is 12.1 Å². The molecule has 0 aliphatic heterocycles. The number of hydrogen-bond acceptors (Lipinski definition) is 12. The number of aromatic nitrogens is 5. The predicted octanol–water partition coefficient (Wildman–Crippen LogP) is 2.37. The zero-order chi connectivity index (χ0) is 27.1. The molecular formula is C23H23N7O7S. The summed E-state index contributed by atoms with van der Waals surface area (Å²) >= 11 is 0.991. The van der Waals surface area contributed by atoms with E-state index in [1.165, 1.54) is 37.2 Å². The van der Waals surface area contributed by atoms with Crippen molar-refractivity contribution in [1.82, 2.24) is 25.0 Å². The summed E-state index contributed by atoms with van der Waals surface area (Å²) in [7, 11) is 3.02. The average Bonchev–Trinajstić information content (AvgIpc) is 3.55. The van der Waals surface area contributed by atoms with Crippen molar-refractivity contribution in [2.75, 3.05) is 38.1 Å². The van der Waals surface area contributed by atoms with Gasteiger partial charge in [-0.2, -0.15) is 9.78 Å². The molecule has 0 saturated carbocycles. The first-order valence-electron chi connectivity index (χ1n) is 11.2. The van der Waals surface area contributed by atoms with Gasteiger partial charge < -0.3 is 23.9 Å². The molecular weight excluding hydrogens is 518 g/mol. The van der Waals surface area contributed by atoms with Crippen molar-refractivity contribution in [3.63, 3.8) is 0 Å². The average molecular weight is 542 g/mol. The third-order valence-corrected chi connectivity index (χ3v) is 5.69. The number of pyridine rings is 1. The van der Waals surface area contributed by atoms with Crippen LogP contribution in [0.15, 0.2) is 45.9 Å². The first-order valence-corrected chi connectivity index (χ1v) is 12.0. The molecule has 0 atom stereocenters. The Morgan fingerprint density at radius 3 is 2.74 bits per heavy atom. The van der Waals surface area contributed by atoms with E-state index in [1.54, 1.807) is 25.3 Å². The van der Waals surface area contributed by atoms with E-state index in [9.17, 15) is 14.4 Å². The van der Waals surface area contributed by atoms with Crippen LogP contribution in [0.2, 0.25) is 0 Å². The number of hydrogen-bond donors (Lipinski definition) is 2. The van der Waals surface area contributed by atoms with E-state index in [4.69, 9.17) is 18.6 Å². The topological polar surface area (TPSA) is 173 Å². The minimum Gasteiger partial charge on any atom is -0.494 e. The van der Waals surface area contributed by atoms with Crippen molar-refractivity contribution in [3.8, 4) is 27.9 Å². The van der Waals surface area contributed by atoms with Gasteiger partial charge in [-0.15, -0.1) is 10.2 Å². The highest BCUT2D eigenvalue weighted by atomic mass is 32.1. The Labute approximate surface area is 219 Å². The molecule has 0 bridgehead atoms. The van der Waals surface area contributed by atoms with Crippen LogP contribution in [0.1, 0.15) is 23.9 Å². The number of nitrogens with zero attached hydrogens (tertiary/aromatic N) is 5. The largest absolute Gasteiger partial charge is 0.494 e. The van der Waals surface area contributed by atoms with Crippen LogP contribution >= 0.6 is 11.3 Å². The third-order valence-electron chi connectivity index (χ3n) is 4.88. The van der Waals surface area contributed by atoms with Crippen LogP contribution in [0.3, 0.4) is 0 Å². The van der Waals surface area contributed by atoms with E-state index in [1.807, 2.05) is 0 Å². The van der Waals surface area contributed by atoms with Gasteiger partial charge in [0.25, 0.3) is 5.91 Å². The summed E-state index contributed by atoms with van der Waals surface area (Å²) in [5.74, 6) is -0.712. The Morgan fingerprint density at radius 2 is 1.97 bits per heavy atom. The monoisotopic (exact) mass is 541 g/mol. The van der Waals surface area contributed by atoms with Crippen LogP contribution in [0, 0.1) is 0 Å². The zero-order valence-corrected chi connectivity index (χ0v) is 21.4. The van der Waals surface area contributed by atoms with Gasteiger partial charge in [-0.1, -0.05) is 11.3 Å². The van der Waals surface area contributed by atoms with E-state index >= 15 is 0 Å². The van der Waals surface area contributed by atoms with Crippen molar-refractivity contribution in [2.45, 2.75) is 13.3 Å². The maximum absolute atomic E-state index is 13.0. The van der Waals surface area contributed by atoms with Gasteiger partial charge in [0.1, 0.15) is 17.3 Å². The molecule has 0 fully saturated rings. The molecule has 2 N–H and O–H groups in total. The molecule has 0 radical (unpaired) electrons. The zero-order valence-electron chi connectivity index (χ0n) is 20.6. The van der Waals surface area contributed by atoms with Gasteiger partial charge >= 0.3 is 5.63 Å². The molecule has 4 aromatic heterocycles. The molecule has 0 aliphatic carbocycles. The number of carbonyl (C=O) groups excluding carboxylic acids is 2. The number of methoxy groups -OCH3 is 2. The van der Waals surface area contributed by atoms with Crippen LogP contribution in [-0.2, 0) is 9.53 Å². The first kappa shape index (κ1) is 26.4. The van der Waals surface area contributed by atoms with Gasteiger partial charge in [-0.25, -0.2) is 4.79 Å².